The maximum Gasteiger partial charge on any atom is 0.325 e. The molecule has 1 atom stereocenters. The third-order valence-corrected chi connectivity index (χ3v) is 4.05. The van der Waals surface area contributed by atoms with Crippen LogP contribution in [0.15, 0.2) is 24.3 Å². The quantitative estimate of drug-likeness (QED) is 0.378. The van der Waals surface area contributed by atoms with Crippen LogP contribution >= 0.6 is 0 Å². The number of hydrogen-bond donors (Lipinski definition) is 2. The van der Waals surface area contributed by atoms with Crippen molar-refractivity contribution in [1.29, 1.82) is 5.26 Å². The summed E-state index contributed by atoms with van der Waals surface area (Å²) >= 11 is 0. The highest BCUT2D eigenvalue weighted by Gasteiger charge is 2.50. The summed E-state index contributed by atoms with van der Waals surface area (Å²) < 4.78 is 0. The Morgan fingerprint density at radius 1 is 1.12 bits per heavy atom. The number of hydrogen-bond acceptors (Lipinski definition) is 5. The summed E-state index contributed by atoms with van der Waals surface area (Å²) in [7, 11) is 0. The number of Topliss-reactive ketones (excluding diaryl/α,β-unsaturated/α-hetero) is 2. The lowest BCUT2D eigenvalue weighted by Gasteiger charge is -2.25. The van der Waals surface area contributed by atoms with Crippen LogP contribution in [0.2, 0.25) is 0 Å². The van der Waals surface area contributed by atoms with E-state index in [0.29, 0.717) is 12.8 Å². The molecule has 0 saturated carbocycles. The Morgan fingerprint density at radius 2 is 1.80 bits per heavy atom. The molecule has 1 aromatic carbocycles. The molecule has 1 aromatic rings. The van der Waals surface area contributed by atoms with E-state index >= 15 is 0 Å². The van der Waals surface area contributed by atoms with Gasteiger partial charge in [0.25, 0.3) is 0 Å². The summed E-state index contributed by atoms with van der Waals surface area (Å²) in [6.07, 6.45) is 0.676. The van der Waals surface area contributed by atoms with Crippen molar-refractivity contribution in [3.63, 3.8) is 0 Å². The molecular weight excluding hydrogens is 326 g/mol. The average Bonchev–Trinajstić information content (AvgIpc) is 2.56. The minimum atomic E-state index is -2.22. The molecule has 1 unspecified atom stereocenters. The van der Waals surface area contributed by atoms with Crippen molar-refractivity contribution in [3.05, 3.63) is 35.4 Å². The lowest BCUT2D eigenvalue weighted by molar-refractivity contribution is -0.151. The van der Waals surface area contributed by atoms with Crippen LogP contribution in [-0.2, 0) is 14.4 Å². The van der Waals surface area contributed by atoms with Crippen LogP contribution in [0.5, 0.6) is 0 Å². The van der Waals surface area contributed by atoms with Crippen LogP contribution in [0.25, 0.3) is 0 Å². The highest BCUT2D eigenvalue weighted by Crippen LogP contribution is 2.32. The average molecular weight is 345 g/mol. The number of aliphatic carboxylic acids is 2. The van der Waals surface area contributed by atoms with Gasteiger partial charge in [0.2, 0.25) is 0 Å². The van der Waals surface area contributed by atoms with Crippen molar-refractivity contribution in [1.82, 2.24) is 0 Å². The fourth-order valence-corrected chi connectivity index (χ4v) is 2.62. The molecule has 7 heteroatoms. The van der Waals surface area contributed by atoms with Gasteiger partial charge < -0.3 is 10.2 Å². The first-order valence-electron chi connectivity index (χ1n) is 7.77. The molecule has 0 aromatic heterocycles. The molecule has 2 N–H and O–H groups in total. The largest absolute Gasteiger partial charge is 0.481 e. The fraction of sp³-hybridized carbons (Fsp3) is 0.389. The normalized spacial score (nSPS) is 12.6. The number of nitriles is 1. The lowest BCUT2D eigenvalue weighted by Crippen LogP contribution is -2.45. The van der Waals surface area contributed by atoms with Gasteiger partial charge in [0.05, 0.1) is 11.6 Å². The van der Waals surface area contributed by atoms with Gasteiger partial charge in [-0.25, -0.2) is 0 Å². The van der Waals surface area contributed by atoms with Gasteiger partial charge in [0.1, 0.15) is 0 Å². The smallest absolute Gasteiger partial charge is 0.325 e. The van der Waals surface area contributed by atoms with E-state index in [4.69, 9.17) is 10.4 Å². The van der Waals surface area contributed by atoms with Crippen molar-refractivity contribution in [2.45, 2.75) is 39.0 Å². The molecular formula is C18H19NO6. The number of rotatable bonds is 10. The van der Waals surface area contributed by atoms with Gasteiger partial charge in [-0.05, 0) is 31.9 Å². The van der Waals surface area contributed by atoms with E-state index in [9.17, 15) is 24.3 Å². The zero-order valence-corrected chi connectivity index (χ0v) is 13.8. The number of carboxylic acid groups (broad SMARTS) is 2. The molecule has 1 rings (SSSR count). The molecule has 25 heavy (non-hydrogen) atoms. The first-order chi connectivity index (χ1) is 11.8. The SMILES string of the molecule is CC(=O)C(CCCCCC(=O)O)(C(=O)O)C(=O)c1cccc(C#N)c1. The van der Waals surface area contributed by atoms with E-state index in [1.54, 1.807) is 0 Å². The second-order valence-electron chi connectivity index (χ2n) is 5.74. The molecule has 0 bridgehead atoms. The van der Waals surface area contributed by atoms with Gasteiger partial charge in [0, 0.05) is 12.0 Å². The van der Waals surface area contributed by atoms with Crippen LogP contribution in [-0.4, -0.2) is 33.7 Å². The Balaban J connectivity index is 3.08. The molecule has 0 aliphatic heterocycles. The summed E-state index contributed by atoms with van der Waals surface area (Å²) in [5.74, 6) is -4.14. The monoisotopic (exact) mass is 345 g/mol. The number of carboxylic acids is 2. The highest BCUT2D eigenvalue weighted by atomic mass is 16.4. The van der Waals surface area contributed by atoms with E-state index in [1.165, 1.54) is 24.3 Å². The minimum Gasteiger partial charge on any atom is -0.481 e. The first kappa shape index (κ1) is 20.0. The molecule has 0 aliphatic carbocycles. The van der Waals surface area contributed by atoms with E-state index < -0.39 is 28.9 Å². The van der Waals surface area contributed by atoms with Gasteiger partial charge in [0.15, 0.2) is 17.0 Å². The van der Waals surface area contributed by atoms with Crippen LogP contribution in [0.1, 0.15) is 54.9 Å². The number of carbonyl (C=O) groups excluding carboxylic acids is 2. The maximum atomic E-state index is 12.8. The number of unbranched alkanes of at least 4 members (excludes halogenated alkanes) is 2. The number of ketones is 2. The zero-order valence-electron chi connectivity index (χ0n) is 13.8. The Labute approximate surface area is 144 Å². The van der Waals surface area contributed by atoms with E-state index in [-0.39, 0.29) is 30.4 Å². The fourth-order valence-electron chi connectivity index (χ4n) is 2.62. The van der Waals surface area contributed by atoms with E-state index in [1.807, 2.05) is 6.07 Å². The molecule has 0 fully saturated rings. The van der Waals surface area contributed by atoms with Crippen molar-refractivity contribution in [3.8, 4) is 6.07 Å². The second kappa shape index (κ2) is 8.73. The summed E-state index contributed by atoms with van der Waals surface area (Å²) in [6, 6.07) is 7.41. The minimum absolute atomic E-state index is 0.0119. The highest BCUT2D eigenvalue weighted by molar-refractivity contribution is 6.26. The van der Waals surface area contributed by atoms with Crippen LogP contribution in [0.3, 0.4) is 0 Å². The Bertz CT molecular complexity index is 717. The third-order valence-electron chi connectivity index (χ3n) is 4.05. The summed E-state index contributed by atoms with van der Waals surface area (Å²) in [6.45, 7) is 1.05. The van der Waals surface area contributed by atoms with Crippen molar-refractivity contribution >= 4 is 23.5 Å². The topological polar surface area (TPSA) is 133 Å². The molecule has 0 heterocycles. The van der Waals surface area contributed by atoms with E-state index in [2.05, 4.69) is 0 Å². The van der Waals surface area contributed by atoms with Gasteiger partial charge in [-0.2, -0.15) is 5.26 Å². The standard InChI is InChI=1S/C18H19NO6/c1-12(20)18(17(24)25,9-4-2-3-8-15(21)22)16(23)14-7-5-6-13(10-14)11-19/h5-7,10H,2-4,8-9H2,1H3,(H,21,22)(H,24,25). The maximum absolute atomic E-state index is 12.8. The number of benzene rings is 1. The van der Waals surface area contributed by atoms with Crippen molar-refractivity contribution < 1.29 is 29.4 Å². The second-order valence-corrected chi connectivity index (χ2v) is 5.74. The van der Waals surface area contributed by atoms with Crippen LogP contribution < -0.4 is 0 Å². The third kappa shape index (κ3) is 4.73. The Morgan fingerprint density at radius 3 is 2.32 bits per heavy atom. The lowest BCUT2D eigenvalue weighted by atomic mass is 9.73. The summed E-state index contributed by atoms with van der Waals surface area (Å²) in [4.78, 5) is 47.2. The predicted octanol–water partition coefficient (Wildman–Crippen LogP) is 2.44. The van der Waals surface area contributed by atoms with Gasteiger partial charge in [-0.1, -0.05) is 25.0 Å². The zero-order chi connectivity index (χ0) is 19.0. The number of carbonyl (C=O) groups is 4. The van der Waals surface area contributed by atoms with Gasteiger partial charge in [-0.3, -0.25) is 19.2 Å². The van der Waals surface area contributed by atoms with Crippen LogP contribution in [0, 0.1) is 16.7 Å². The Kier molecular flexibility index (Phi) is 7.00. The predicted molar refractivity (Wildman–Crippen MR) is 87.0 cm³/mol. The first-order valence-corrected chi connectivity index (χ1v) is 7.77. The molecule has 0 saturated heterocycles. The van der Waals surface area contributed by atoms with Crippen LogP contribution in [0.4, 0.5) is 0 Å². The van der Waals surface area contributed by atoms with Gasteiger partial charge >= 0.3 is 11.9 Å². The number of nitrogens with zero attached hydrogens (tertiary/aromatic N) is 1. The molecule has 0 amide bonds. The molecule has 132 valence electrons. The molecule has 7 nitrogen and oxygen atoms in total. The van der Waals surface area contributed by atoms with E-state index in [0.717, 1.165) is 6.92 Å². The Hall–Kier alpha value is -3.01. The molecule has 0 spiro atoms. The molecule has 0 aliphatic rings. The van der Waals surface area contributed by atoms with Gasteiger partial charge in [-0.15, -0.1) is 0 Å². The summed E-state index contributed by atoms with van der Waals surface area (Å²) in [5, 5.41) is 27.1. The molecule has 0 radical (unpaired) electrons. The van der Waals surface area contributed by atoms with Crippen molar-refractivity contribution in [2.24, 2.45) is 5.41 Å². The summed E-state index contributed by atoms with van der Waals surface area (Å²) in [5.41, 5.74) is -2.05. The van der Waals surface area contributed by atoms with Crippen molar-refractivity contribution in [2.75, 3.05) is 0 Å².